The highest BCUT2D eigenvalue weighted by Crippen LogP contribution is 2.24. The molecule has 0 bridgehead atoms. The van der Waals surface area contributed by atoms with Crippen molar-refractivity contribution in [2.45, 2.75) is 13.0 Å². The van der Waals surface area contributed by atoms with Crippen molar-refractivity contribution >= 4 is 23.0 Å². The second kappa shape index (κ2) is 6.20. The molecule has 3 nitrogen and oxygen atoms in total. The maximum absolute atomic E-state index is 5.90. The van der Waals surface area contributed by atoms with Crippen molar-refractivity contribution in [3.05, 3.63) is 60.2 Å². The molecule has 0 unspecified atom stereocenters. The molecule has 4 heteroatoms. The number of nitrogens with one attached hydrogen (secondary N) is 1. The summed E-state index contributed by atoms with van der Waals surface area (Å²) in [7, 11) is 0. The predicted octanol–water partition coefficient (Wildman–Crippen LogP) is 3.48. The molecular formula is C15H16N2OS. The van der Waals surface area contributed by atoms with Gasteiger partial charge < -0.3 is 15.8 Å². The van der Waals surface area contributed by atoms with E-state index in [0.717, 1.165) is 17.0 Å². The largest absolute Gasteiger partial charge is 0.486 e. The van der Waals surface area contributed by atoms with Gasteiger partial charge in [-0.3, -0.25) is 0 Å². The minimum atomic E-state index is -0.0127. The lowest BCUT2D eigenvalue weighted by Gasteiger charge is -2.15. The van der Waals surface area contributed by atoms with Crippen LogP contribution < -0.4 is 15.8 Å². The predicted molar refractivity (Wildman–Crippen MR) is 82.3 cm³/mol. The van der Waals surface area contributed by atoms with E-state index >= 15 is 0 Å². The fraction of sp³-hybridized carbons (Fsp3) is 0.133. The number of benzene rings is 2. The van der Waals surface area contributed by atoms with Crippen molar-refractivity contribution in [3.8, 4) is 5.75 Å². The Bertz CT molecular complexity index is 557. The van der Waals surface area contributed by atoms with Gasteiger partial charge in [0.1, 0.15) is 11.9 Å². The zero-order valence-electron chi connectivity index (χ0n) is 10.7. The fourth-order valence-corrected chi connectivity index (χ4v) is 1.90. The lowest BCUT2D eigenvalue weighted by molar-refractivity contribution is 0.227. The van der Waals surface area contributed by atoms with Crippen LogP contribution in [-0.2, 0) is 0 Å². The van der Waals surface area contributed by atoms with E-state index in [1.54, 1.807) is 0 Å². The zero-order valence-corrected chi connectivity index (χ0v) is 11.5. The Morgan fingerprint density at radius 1 is 1.16 bits per heavy atom. The number of nitrogens with two attached hydrogens (primary N) is 1. The summed E-state index contributed by atoms with van der Waals surface area (Å²) >= 11 is 4.81. The molecule has 2 aromatic carbocycles. The number of rotatable bonds is 4. The third kappa shape index (κ3) is 3.96. The average Bonchev–Trinajstić information content (AvgIpc) is 2.39. The van der Waals surface area contributed by atoms with Crippen LogP contribution in [0.3, 0.4) is 0 Å². The van der Waals surface area contributed by atoms with Gasteiger partial charge in [-0.25, -0.2) is 0 Å². The first-order valence-electron chi connectivity index (χ1n) is 6.03. The molecular weight excluding hydrogens is 256 g/mol. The summed E-state index contributed by atoms with van der Waals surface area (Å²) in [6, 6.07) is 17.6. The topological polar surface area (TPSA) is 47.3 Å². The van der Waals surface area contributed by atoms with Crippen LogP contribution in [0.15, 0.2) is 54.6 Å². The number of ether oxygens (including phenoxy) is 1. The van der Waals surface area contributed by atoms with Gasteiger partial charge in [0.25, 0.3) is 0 Å². The second-order valence-corrected chi connectivity index (χ2v) is 4.63. The Balaban J connectivity index is 2.08. The highest BCUT2D eigenvalue weighted by molar-refractivity contribution is 7.80. The van der Waals surface area contributed by atoms with E-state index in [9.17, 15) is 0 Å². The molecule has 98 valence electrons. The van der Waals surface area contributed by atoms with Crippen molar-refractivity contribution < 1.29 is 4.74 Å². The number of hydrogen-bond donors (Lipinski definition) is 2. The molecule has 0 amide bonds. The van der Waals surface area contributed by atoms with Gasteiger partial charge in [0.05, 0.1) is 0 Å². The van der Waals surface area contributed by atoms with Gasteiger partial charge in [-0.05, 0) is 36.8 Å². The van der Waals surface area contributed by atoms with Gasteiger partial charge in [-0.2, -0.15) is 0 Å². The third-order valence-electron chi connectivity index (χ3n) is 2.68. The van der Waals surface area contributed by atoms with Gasteiger partial charge in [-0.1, -0.05) is 36.4 Å². The summed E-state index contributed by atoms with van der Waals surface area (Å²) in [6.45, 7) is 2.02. The summed E-state index contributed by atoms with van der Waals surface area (Å²) < 4.78 is 5.90. The smallest absolute Gasteiger partial charge is 0.168 e. The molecule has 0 aliphatic carbocycles. The Hall–Kier alpha value is -2.07. The monoisotopic (exact) mass is 272 g/mol. The lowest BCUT2D eigenvalue weighted by Crippen LogP contribution is -2.18. The first kappa shape index (κ1) is 13.4. The highest BCUT2D eigenvalue weighted by atomic mass is 32.1. The number of hydrogen-bond acceptors (Lipinski definition) is 2. The molecule has 0 spiro atoms. The molecule has 0 saturated carbocycles. The standard InChI is InChI=1S/C15H16N2OS/c1-11(12-6-3-2-4-7-12)18-14-9-5-8-13(10-14)17-15(16)19/h2-11H,1H3,(H3,16,17,19)/t11-/m1/s1. The summed E-state index contributed by atoms with van der Waals surface area (Å²) in [4.78, 5) is 0. The van der Waals surface area contributed by atoms with Crippen LogP contribution in [0.1, 0.15) is 18.6 Å². The van der Waals surface area contributed by atoms with Gasteiger partial charge in [0, 0.05) is 11.8 Å². The van der Waals surface area contributed by atoms with E-state index in [0.29, 0.717) is 0 Å². The molecule has 0 aliphatic rings. The van der Waals surface area contributed by atoms with E-state index < -0.39 is 0 Å². The Kier molecular flexibility index (Phi) is 4.36. The maximum atomic E-state index is 5.90. The maximum Gasteiger partial charge on any atom is 0.168 e. The van der Waals surface area contributed by atoms with E-state index in [1.807, 2.05) is 61.5 Å². The minimum absolute atomic E-state index is 0.0127. The van der Waals surface area contributed by atoms with Crippen molar-refractivity contribution in [3.63, 3.8) is 0 Å². The van der Waals surface area contributed by atoms with Crippen LogP contribution in [0.4, 0.5) is 5.69 Å². The summed E-state index contributed by atoms with van der Waals surface area (Å²) in [5.74, 6) is 0.776. The summed E-state index contributed by atoms with van der Waals surface area (Å²) in [6.07, 6.45) is -0.0127. The van der Waals surface area contributed by atoms with Gasteiger partial charge >= 0.3 is 0 Å². The lowest BCUT2D eigenvalue weighted by atomic mass is 10.1. The first-order valence-corrected chi connectivity index (χ1v) is 6.44. The minimum Gasteiger partial charge on any atom is -0.486 e. The quantitative estimate of drug-likeness (QED) is 0.837. The van der Waals surface area contributed by atoms with E-state index in [-0.39, 0.29) is 11.2 Å². The molecule has 0 radical (unpaired) electrons. The SMILES string of the molecule is C[C@@H](Oc1cccc(NC(N)=S)c1)c1ccccc1. The molecule has 0 fully saturated rings. The van der Waals surface area contributed by atoms with Crippen molar-refractivity contribution in [2.24, 2.45) is 5.73 Å². The Morgan fingerprint density at radius 2 is 1.89 bits per heavy atom. The van der Waals surface area contributed by atoms with Crippen LogP contribution in [0.25, 0.3) is 0 Å². The molecule has 0 aromatic heterocycles. The molecule has 19 heavy (non-hydrogen) atoms. The molecule has 0 heterocycles. The molecule has 3 N–H and O–H groups in total. The summed E-state index contributed by atoms with van der Waals surface area (Å²) in [5, 5.41) is 3.13. The van der Waals surface area contributed by atoms with Crippen molar-refractivity contribution in [1.29, 1.82) is 0 Å². The van der Waals surface area contributed by atoms with Gasteiger partial charge in [-0.15, -0.1) is 0 Å². The molecule has 2 aromatic rings. The number of anilines is 1. The van der Waals surface area contributed by atoms with Crippen LogP contribution in [-0.4, -0.2) is 5.11 Å². The Labute approximate surface area is 118 Å². The van der Waals surface area contributed by atoms with Crippen LogP contribution in [0.2, 0.25) is 0 Å². The average molecular weight is 272 g/mol. The normalized spacial score (nSPS) is 11.6. The van der Waals surface area contributed by atoms with Crippen LogP contribution in [0, 0.1) is 0 Å². The zero-order chi connectivity index (χ0) is 13.7. The van der Waals surface area contributed by atoms with E-state index in [4.69, 9.17) is 22.7 Å². The van der Waals surface area contributed by atoms with E-state index in [1.165, 1.54) is 0 Å². The summed E-state index contributed by atoms with van der Waals surface area (Å²) in [5.41, 5.74) is 7.41. The van der Waals surface area contributed by atoms with Crippen LogP contribution >= 0.6 is 12.2 Å². The Morgan fingerprint density at radius 3 is 2.58 bits per heavy atom. The molecule has 0 aliphatic heterocycles. The van der Waals surface area contributed by atoms with Gasteiger partial charge in [0.15, 0.2) is 5.11 Å². The van der Waals surface area contributed by atoms with Gasteiger partial charge in [0.2, 0.25) is 0 Å². The fourth-order valence-electron chi connectivity index (χ4n) is 1.79. The number of thiocarbonyl (C=S) groups is 1. The molecule has 2 rings (SSSR count). The first-order chi connectivity index (χ1) is 9.15. The van der Waals surface area contributed by atoms with E-state index in [2.05, 4.69) is 5.32 Å². The third-order valence-corrected chi connectivity index (χ3v) is 2.79. The highest BCUT2D eigenvalue weighted by Gasteiger charge is 2.06. The molecule has 0 saturated heterocycles. The van der Waals surface area contributed by atoms with Crippen molar-refractivity contribution in [2.75, 3.05) is 5.32 Å². The van der Waals surface area contributed by atoms with Crippen molar-refractivity contribution in [1.82, 2.24) is 0 Å². The molecule has 1 atom stereocenters. The second-order valence-electron chi connectivity index (χ2n) is 4.19. The van der Waals surface area contributed by atoms with Crippen LogP contribution in [0.5, 0.6) is 5.75 Å².